The first-order valence-corrected chi connectivity index (χ1v) is 7.66. The van der Waals surface area contributed by atoms with Crippen LogP contribution in [-0.2, 0) is 6.18 Å². The lowest BCUT2D eigenvalue weighted by molar-refractivity contribution is -0.140. The molecular formula is C16H24Cl2F4N2. The summed E-state index contributed by atoms with van der Waals surface area (Å²) in [5, 5.41) is 3.21. The van der Waals surface area contributed by atoms with Crippen LogP contribution in [0.15, 0.2) is 18.2 Å². The second-order valence-electron chi connectivity index (χ2n) is 5.82. The van der Waals surface area contributed by atoms with Crippen LogP contribution in [-0.4, -0.2) is 31.1 Å². The molecule has 0 amide bonds. The van der Waals surface area contributed by atoms with Crippen LogP contribution >= 0.6 is 24.8 Å². The largest absolute Gasteiger partial charge is 0.419 e. The Balaban J connectivity index is 0.00000264. The van der Waals surface area contributed by atoms with E-state index in [0.717, 1.165) is 25.6 Å². The Morgan fingerprint density at radius 2 is 1.75 bits per heavy atom. The van der Waals surface area contributed by atoms with Gasteiger partial charge in [0.2, 0.25) is 0 Å². The molecule has 1 saturated heterocycles. The third-order valence-corrected chi connectivity index (χ3v) is 4.38. The van der Waals surface area contributed by atoms with Gasteiger partial charge in [-0.25, -0.2) is 4.39 Å². The molecular weight excluding hydrogens is 367 g/mol. The first-order valence-electron chi connectivity index (χ1n) is 7.66. The van der Waals surface area contributed by atoms with Crippen LogP contribution < -0.4 is 5.32 Å². The number of halogens is 6. The van der Waals surface area contributed by atoms with Gasteiger partial charge in [0.1, 0.15) is 5.82 Å². The molecule has 1 unspecified atom stereocenters. The zero-order chi connectivity index (χ0) is 16.3. The van der Waals surface area contributed by atoms with E-state index in [2.05, 4.69) is 10.2 Å². The Hall–Kier alpha value is -0.560. The maximum atomic E-state index is 14.5. The molecule has 2 atom stereocenters. The van der Waals surface area contributed by atoms with Gasteiger partial charge < -0.3 is 5.32 Å². The summed E-state index contributed by atoms with van der Waals surface area (Å²) in [6, 6.07) is 3.28. The average Bonchev–Trinajstić information content (AvgIpc) is 2.49. The van der Waals surface area contributed by atoms with Gasteiger partial charge in [-0.1, -0.05) is 32.4 Å². The molecule has 0 bridgehead atoms. The first-order chi connectivity index (χ1) is 10.4. The van der Waals surface area contributed by atoms with Gasteiger partial charge >= 0.3 is 6.18 Å². The summed E-state index contributed by atoms with van der Waals surface area (Å²) >= 11 is 0. The van der Waals surface area contributed by atoms with Crippen molar-refractivity contribution in [1.29, 1.82) is 0 Å². The molecule has 0 aliphatic carbocycles. The second-order valence-corrected chi connectivity index (χ2v) is 5.82. The van der Waals surface area contributed by atoms with Crippen molar-refractivity contribution in [1.82, 2.24) is 10.2 Å². The Morgan fingerprint density at radius 1 is 1.17 bits per heavy atom. The van der Waals surface area contributed by atoms with Crippen molar-refractivity contribution >= 4 is 24.8 Å². The molecule has 1 heterocycles. The summed E-state index contributed by atoms with van der Waals surface area (Å²) in [6.45, 7) is 6.91. The van der Waals surface area contributed by atoms with Crippen LogP contribution in [0, 0.1) is 11.7 Å². The van der Waals surface area contributed by atoms with Crippen LogP contribution in [0.25, 0.3) is 0 Å². The highest BCUT2D eigenvalue weighted by Gasteiger charge is 2.37. The Bertz CT molecular complexity index is 505. The molecule has 1 aliphatic rings. The van der Waals surface area contributed by atoms with Gasteiger partial charge in [0.15, 0.2) is 0 Å². The maximum Gasteiger partial charge on any atom is 0.419 e. The summed E-state index contributed by atoms with van der Waals surface area (Å²) in [6.07, 6.45) is -3.88. The van der Waals surface area contributed by atoms with Crippen molar-refractivity contribution in [2.24, 2.45) is 5.92 Å². The SMILES string of the molecule is CCC(C)[C@@H](c1cccc(C(F)(F)F)c1F)N1CCNCC1.Cl.Cl. The van der Waals surface area contributed by atoms with E-state index in [1.165, 1.54) is 12.1 Å². The summed E-state index contributed by atoms with van der Waals surface area (Å²) in [4.78, 5) is 2.09. The normalized spacial score (nSPS) is 18.2. The highest BCUT2D eigenvalue weighted by atomic mass is 35.5. The van der Waals surface area contributed by atoms with E-state index < -0.39 is 17.6 Å². The van der Waals surface area contributed by atoms with E-state index in [1.54, 1.807) is 0 Å². The van der Waals surface area contributed by atoms with Crippen molar-refractivity contribution in [2.45, 2.75) is 32.5 Å². The molecule has 2 nitrogen and oxygen atoms in total. The van der Waals surface area contributed by atoms with Gasteiger partial charge in [0, 0.05) is 37.8 Å². The lowest BCUT2D eigenvalue weighted by Gasteiger charge is -2.38. The lowest BCUT2D eigenvalue weighted by Crippen LogP contribution is -2.46. The molecule has 0 aromatic heterocycles. The Kier molecular flexibility index (Phi) is 9.57. The Labute approximate surface area is 152 Å². The van der Waals surface area contributed by atoms with Crippen molar-refractivity contribution < 1.29 is 17.6 Å². The quantitative estimate of drug-likeness (QED) is 0.750. The van der Waals surface area contributed by atoms with Gasteiger partial charge in [0.05, 0.1) is 5.56 Å². The van der Waals surface area contributed by atoms with E-state index >= 15 is 0 Å². The average molecular weight is 391 g/mol. The van der Waals surface area contributed by atoms with E-state index in [4.69, 9.17) is 0 Å². The maximum absolute atomic E-state index is 14.5. The molecule has 0 radical (unpaired) electrons. The van der Waals surface area contributed by atoms with Gasteiger partial charge in [-0.2, -0.15) is 13.2 Å². The zero-order valence-corrected chi connectivity index (χ0v) is 15.3. The highest BCUT2D eigenvalue weighted by molar-refractivity contribution is 5.85. The monoisotopic (exact) mass is 390 g/mol. The summed E-state index contributed by atoms with van der Waals surface area (Å²) in [5.41, 5.74) is -1.01. The van der Waals surface area contributed by atoms with Gasteiger partial charge in [-0.05, 0) is 12.0 Å². The molecule has 8 heteroatoms. The first kappa shape index (κ1) is 23.4. The number of nitrogens with zero attached hydrogens (tertiary/aromatic N) is 1. The second kappa shape index (κ2) is 9.80. The molecule has 0 spiro atoms. The van der Waals surface area contributed by atoms with Crippen molar-refractivity contribution in [3.63, 3.8) is 0 Å². The number of hydrogen-bond acceptors (Lipinski definition) is 2. The Morgan fingerprint density at radius 3 is 2.25 bits per heavy atom. The number of hydrogen-bond donors (Lipinski definition) is 1. The van der Waals surface area contributed by atoms with Crippen LogP contribution in [0.3, 0.4) is 0 Å². The molecule has 1 aromatic carbocycles. The number of benzene rings is 1. The van der Waals surface area contributed by atoms with Gasteiger partial charge in [-0.3, -0.25) is 4.90 Å². The van der Waals surface area contributed by atoms with Crippen LogP contribution in [0.4, 0.5) is 17.6 Å². The summed E-state index contributed by atoms with van der Waals surface area (Å²) in [5.74, 6) is -1.05. The summed E-state index contributed by atoms with van der Waals surface area (Å²) < 4.78 is 53.4. The number of nitrogens with one attached hydrogen (secondary N) is 1. The predicted molar refractivity (Wildman–Crippen MR) is 92.5 cm³/mol. The zero-order valence-electron chi connectivity index (χ0n) is 13.7. The highest BCUT2D eigenvalue weighted by Crippen LogP contribution is 2.38. The molecule has 1 N–H and O–H groups in total. The van der Waals surface area contributed by atoms with Crippen LogP contribution in [0.2, 0.25) is 0 Å². The lowest BCUT2D eigenvalue weighted by atomic mass is 9.89. The molecule has 2 rings (SSSR count). The number of rotatable bonds is 4. The molecule has 0 saturated carbocycles. The van der Waals surface area contributed by atoms with E-state index in [-0.39, 0.29) is 42.3 Å². The smallest absolute Gasteiger partial charge is 0.314 e. The minimum Gasteiger partial charge on any atom is -0.314 e. The number of alkyl halides is 3. The molecule has 24 heavy (non-hydrogen) atoms. The molecule has 140 valence electrons. The van der Waals surface area contributed by atoms with E-state index in [1.807, 2.05) is 13.8 Å². The van der Waals surface area contributed by atoms with Crippen LogP contribution in [0.1, 0.15) is 37.4 Å². The fourth-order valence-electron chi connectivity index (χ4n) is 3.04. The fraction of sp³-hybridized carbons (Fsp3) is 0.625. The van der Waals surface area contributed by atoms with Crippen molar-refractivity contribution in [2.75, 3.05) is 26.2 Å². The number of piperazine rings is 1. The molecule has 1 aromatic rings. The van der Waals surface area contributed by atoms with E-state index in [9.17, 15) is 17.6 Å². The molecule has 1 aliphatic heterocycles. The van der Waals surface area contributed by atoms with Crippen LogP contribution in [0.5, 0.6) is 0 Å². The van der Waals surface area contributed by atoms with Gasteiger partial charge in [-0.15, -0.1) is 24.8 Å². The minimum absolute atomic E-state index is 0. The molecule has 1 fully saturated rings. The third-order valence-electron chi connectivity index (χ3n) is 4.38. The third kappa shape index (κ3) is 5.22. The van der Waals surface area contributed by atoms with Crippen molar-refractivity contribution in [3.05, 3.63) is 35.1 Å². The predicted octanol–water partition coefficient (Wildman–Crippen LogP) is 4.68. The minimum atomic E-state index is -4.66. The topological polar surface area (TPSA) is 15.3 Å². The van der Waals surface area contributed by atoms with Gasteiger partial charge in [0.25, 0.3) is 0 Å². The fourth-order valence-corrected chi connectivity index (χ4v) is 3.04. The standard InChI is InChI=1S/C16H22F4N2.2ClH/c1-3-11(2)15(22-9-7-21-8-10-22)12-5-4-6-13(14(12)17)16(18,19)20;;/h4-6,11,15,21H,3,7-10H2,1-2H3;2*1H/t11?,15-;;/m0../s1. The van der Waals surface area contributed by atoms with Crippen molar-refractivity contribution in [3.8, 4) is 0 Å². The summed E-state index contributed by atoms with van der Waals surface area (Å²) in [7, 11) is 0. The van der Waals surface area contributed by atoms with E-state index in [0.29, 0.717) is 13.1 Å².